The summed E-state index contributed by atoms with van der Waals surface area (Å²) in [6, 6.07) is 0. The van der Waals surface area contributed by atoms with Gasteiger partial charge in [-0.1, -0.05) is 128 Å². The Balaban J connectivity index is 3.99. The lowest BCUT2D eigenvalue weighted by Crippen LogP contribution is -2.29. The molecule has 0 heterocycles. The average Bonchev–Trinajstić information content (AvgIpc) is 2.93. The molecule has 0 saturated heterocycles. The van der Waals surface area contributed by atoms with Gasteiger partial charge in [-0.25, -0.2) is 4.57 Å². The lowest BCUT2D eigenvalue weighted by atomic mass is 10.0. The van der Waals surface area contributed by atoms with Crippen LogP contribution >= 0.6 is 19.6 Å². The molecule has 0 aliphatic rings. The summed E-state index contributed by atoms with van der Waals surface area (Å²) in [5, 5.41) is 0.171. The van der Waals surface area contributed by atoms with Crippen LogP contribution in [-0.2, 0) is 32.9 Å². The molecule has 0 saturated carbocycles. The first kappa shape index (κ1) is 41.1. The van der Waals surface area contributed by atoms with Gasteiger partial charge in [0.15, 0.2) is 11.2 Å². The monoisotopic (exact) mass is 638 g/mol. The predicted molar refractivity (Wildman–Crippen MR) is 169 cm³/mol. The zero-order chi connectivity index (χ0) is 31.3. The van der Waals surface area contributed by atoms with E-state index in [0.29, 0.717) is 12.8 Å². The van der Waals surface area contributed by atoms with Crippen LogP contribution in [0, 0.1) is 0 Å². The zero-order valence-corrected chi connectivity index (χ0v) is 28.1. The smallest absolute Gasteiger partial charge is 0.462 e. The summed E-state index contributed by atoms with van der Waals surface area (Å²) in [7, 11) is -4.75. The number of hydrogen-bond donors (Lipinski definition) is 2. The normalized spacial score (nSPS) is 12.3. The minimum absolute atomic E-state index is 0.171. The Morgan fingerprint density at radius 1 is 0.643 bits per heavy atom. The fourth-order valence-corrected chi connectivity index (χ4v) is 5.55. The van der Waals surface area contributed by atoms with E-state index in [1.54, 1.807) is 6.92 Å². The summed E-state index contributed by atoms with van der Waals surface area (Å²) < 4.78 is 26.1. The number of unbranched alkanes of at least 4 members (excludes halogenated alkanes) is 18. The third-order valence-corrected chi connectivity index (χ3v) is 8.36. The lowest BCUT2D eigenvalue weighted by molar-refractivity contribution is -0.161. The van der Waals surface area contributed by atoms with Crippen molar-refractivity contribution in [1.82, 2.24) is 0 Å². The molecular weight excluding hydrogens is 579 g/mol. The maximum atomic E-state index is 12.3. The van der Waals surface area contributed by atoms with Crippen molar-refractivity contribution in [2.24, 2.45) is 0 Å². The van der Waals surface area contributed by atoms with Crippen molar-refractivity contribution in [1.29, 1.82) is 0 Å². The zero-order valence-electron chi connectivity index (χ0n) is 26.4. The van der Waals surface area contributed by atoms with Gasteiger partial charge < -0.3 is 19.3 Å². The molecule has 0 spiro atoms. The number of esters is 2. The molecular formula is C31H59O9PS. The molecule has 0 fully saturated rings. The second-order valence-electron chi connectivity index (χ2n) is 11.1. The number of carbonyl (C=O) groups excluding carboxylic acids is 3. The standard InChI is InChI=1S/C31H59O9PS/c1-3-4-5-6-7-8-9-10-11-15-18-21-24-31(34)40-29(27-39-41(35,36)37)26-38-30(33)23-20-17-14-12-13-16-19-22-25-42-28(2)32/h29H,3-27H2,1-2H3,(H2,35,36,37)/t29-/m0/s1. The Morgan fingerprint density at radius 2 is 1.07 bits per heavy atom. The van der Waals surface area contributed by atoms with Crippen LogP contribution in [0.1, 0.15) is 155 Å². The predicted octanol–water partition coefficient (Wildman–Crippen LogP) is 8.43. The molecule has 0 rings (SSSR count). The van der Waals surface area contributed by atoms with E-state index in [9.17, 15) is 18.9 Å². The molecule has 11 heteroatoms. The van der Waals surface area contributed by atoms with Gasteiger partial charge in [-0.15, -0.1) is 0 Å². The number of thioether (sulfide) groups is 1. The molecule has 0 unspecified atom stereocenters. The van der Waals surface area contributed by atoms with Gasteiger partial charge in [-0.3, -0.25) is 18.9 Å². The highest BCUT2D eigenvalue weighted by molar-refractivity contribution is 8.13. The summed E-state index contributed by atoms with van der Waals surface area (Å²) in [5.41, 5.74) is 0. The van der Waals surface area contributed by atoms with Gasteiger partial charge in [0.25, 0.3) is 0 Å². The van der Waals surface area contributed by atoms with Crippen molar-refractivity contribution >= 4 is 36.6 Å². The molecule has 0 amide bonds. The van der Waals surface area contributed by atoms with Crippen molar-refractivity contribution < 1.29 is 42.7 Å². The van der Waals surface area contributed by atoms with Crippen LogP contribution in [0.2, 0.25) is 0 Å². The number of carbonyl (C=O) groups is 3. The van der Waals surface area contributed by atoms with Gasteiger partial charge in [-0.2, -0.15) is 0 Å². The summed E-state index contributed by atoms with van der Waals surface area (Å²) in [5.74, 6) is -0.0336. The van der Waals surface area contributed by atoms with Gasteiger partial charge in [0.1, 0.15) is 6.61 Å². The van der Waals surface area contributed by atoms with E-state index in [0.717, 1.165) is 70.0 Å². The molecule has 1 atom stereocenters. The van der Waals surface area contributed by atoms with E-state index < -0.39 is 32.5 Å². The number of phosphoric ester groups is 1. The third kappa shape index (κ3) is 32.0. The second kappa shape index (κ2) is 28.8. The van der Waals surface area contributed by atoms with Gasteiger partial charge in [0.05, 0.1) is 6.61 Å². The molecule has 0 aliphatic carbocycles. The van der Waals surface area contributed by atoms with Crippen LogP contribution in [-0.4, -0.2) is 51.9 Å². The van der Waals surface area contributed by atoms with E-state index in [1.807, 2.05) is 0 Å². The van der Waals surface area contributed by atoms with Crippen molar-refractivity contribution in [2.45, 2.75) is 161 Å². The fraction of sp³-hybridized carbons (Fsp3) is 0.903. The van der Waals surface area contributed by atoms with Crippen LogP contribution in [0.15, 0.2) is 0 Å². The lowest BCUT2D eigenvalue weighted by Gasteiger charge is -2.18. The maximum Gasteiger partial charge on any atom is 0.469 e. The summed E-state index contributed by atoms with van der Waals surface area (Å²) in [6.07, 6.45) is 21.8. The Bertz CT molecular complexity index is 729. The Hall–Kier alpha value is -0.930. The Morgan fingerprint density at radius 3 is 1.52 bits per heavy atom. The molecule has 0 aromatic rings. The van der Waals surface area contributed by atoms with Crippen molar-refractivity contribution in [3.05, 3.63) is 0 Å². The van der Waals surface area contributed by atoms with Crippen LogP contribution in [0.4, 0.5) is 0 Å². The number of phosphoric acid groups is 1. The maximum absolute atomic E-state index is 12.3. The summed E-state index contributed by atoms with van der Waals surface area (Å²) in [4.78, 5) is 53.3. The van der Waals surface area contributed by atoms with E-state index in [-0.39, 0.29) is 24.6 Å². The van der Waals surface area contributed by atoms with Crippen LogP contribution in [0.3, 0.4) is 0 Å². The van der Waals surface area contributed by atoms with Crippen LogP contribution < -0.4 is 0 Å². The van der Waals surface area contributed by atoms with E-state index in [4.69, 9.17) is 19.3 Å². The molecule has 0 aromatic carbocycles. The van der Waals surface area contributed by atoms with Gasteiger partial charge >= 0.3 is 19.8 Å². The third-order valence-electron chi connectivity index (χ3n) is 6.97. The SMILES string of the molecule is CCCCCCCCCCCCCCC(=O)O[C@@H](COC(=O)CCCCCCCCCCSC(C)=O)COP(=O)(O)O. The van der Waals surface area contributed by atoms with Gasteiger partial charge in [0, 0.05) is 25.5 Å². The first-order chi connectivity index (χ1) is 20.1. The first-order valence-corrected chi connectivity index (χ1v) is 18.8. The molecule has 42 heavy (non-hydrogen) atoms. The molecule has 2 N–H and O–H groups in total. The fourth-order valence-electron chi connectivity index (χ4n) is 4.56. The van der Waals surface area contributed by atoms with Crippen molar-refractivity contribution in [2.75, 3.05) is 19.0 Å². The van der Waals surface area contributed by atoms with E-state index >= 15 is 0 Å². The van der Waals surface area contributed by atoms with Crippen molar-refractivity contribution in [3.8, 4) is 0 Å². The summed E-state index contributed by atoms with van der Waals surface area (Å²) >= 11 is 1.38. The molecule has 0 aliphatic heterocycles. The number of hydrogen-bond acceptors (Lipinski definition) is 8. The molecule has 0 radical (unpaired) electrons. The first-order valence-electron chi connectivity index (χ1n) is 16.3. The minimum Gasteiger partial charge on any atom is -0.462 e. The summed E-state index contributed by atoms with van der Waals surface area (Å²) in [6.45, 7) is 2.97. The quantitative estimate of drug-likeness (QED) is 0.0448. The second-order valence-corrected chi connectivity index (χ2v) is 13.6. The Kier molecular flexibility index (Phi) is 28.2. The van der Waals surface area contributed by atoms with Gasteiger partial charge in [0.2, 0.25) is 0 Å². The van der Waals surface area contributed by atoms with Crippen LogP contribution in [0.5, 0.6) is 0 Å². The molecule has 0 bridgehead atoms. The molecule has 248 valence electrons. The Labute approximate surface area is 259 Å². The van der Waals surface area contributed by atoms with E-state index in [1.165, 1.54) is 63.1 Å². The number of ether oxygens (including phenoxy) is 2. The molecule has 0 aromatic heterocycles. The highest BCUT2D eigenvalue weighted by Gasteiger charge is 2.22. The minimum atomic E-state index is -4.75. The molecule has 9 nitrogen and oxygen atoms in total. The average molecular weight is 639 g/mol. The van der Waals surface area contributed by atoms with E-state index in [2.05, 4.69) is 11.4 Å². The van der Waals surface area contributed by atoms with Crippen LogP contribution in [0.25, 0.3) is 0 Å². The highest BCUT2D eigenvalue weighted by atomic mass is 32.2. The topological polar surface area (TPSA) is 136 Å². The number of rotatable bonds is 30. The largest absolute Gasteiger partial charge is 0.469 e. The van der Waals surface area contributed by atoms with Crippen molar-refractivity contribution in [3.63, 3.8) is 0 Å². The highest BCUT2D eigenvalue weighted by Crippen LogP contribution is 2.36. The van der Waals surface area contributed by atoms with Gasteiger partial charge in [-0.05, 0) is 19.3 Å².